The Balaban J connectivity index is 1.38. The fraction of sp³-hybridized carbons (Fsp3) is 0.286. The molecule has 8 rings (SSSR count). The highest BCUT2D eigenvalue weighted by Crippen LogP contribution is 2.70. The summed E-state index contributed by atoms with van der Waals surface area (Å²) in [5, 5.41) is 0. The molecule has 1 spiro atoms. The summed E-state index contributed by atoms with van der Waals surface area (Å²) >= 11 is 0. The predicted octanol–water partition coefficient (Wildman–Crippen LogP) is 10.9. The summed E-state index contributed by atoms with van der Waals surface area (Å²) in [7, 11) is 0. The van der Waals surface area contributed by atoms with E-state index in [1.807, 2.05) is 0 Å². The molecule has 4 aromatic rings. The molecule has 0 bridgehead atoms. The standard InChI is InChI=1S/C42H40/c1-4-14-30(15-5-1)26-33-21-12-24-37-38(33)29-40(32-18-8-3-9-19-32)42-25-13-22-35(27-31-16-6-2-7-17-31)39(42)28-34-20-10-11-23-36(34)41(37)42/h1-11,14-20,23,26-27,39-41H,12-13,21-22,24-25,28-29H2/b33-26+,35-27+. The van der Waals surface area contributed by atoms with E-state index in [0.717, 1.165) is 0 Å². The molecule has 4 aliphatic carbocycles. The zero-order chi connectivity index (χ0) is 27.9. The monoisotopic (exact) mass is 544 g/mol. The van der Waals surface area contributed by atoms with Crippen LogP contribution in [0.25, 0.3) is 12.2 Å². The van der Waals surface area contributed by atoms with Crippen molar-refractivity contribution in [3.8, 4) is 0 Å². The van der Waals surface area contributed by atoms with Crippen LogP contribution in [0.15, 0.2) is 138 Å². The second kappa shape index (κ2) is 10.7. The molecule has 0 N–H and O–H groups in total. The molecule has 208 valence electrons. The highest BCUT2D eigenvalue weighted by Gasteiger charge is 2.59. The van der Waals surface area contributed by atoms with Gasteiger partial charge in [0.25, 0.3) is 0 Å². The third-order valence-electron chi connectivity index (χ3n) is 11.1. The maximum atomic E-state index is 2.57. The van der Waals surface area contributed by atoms with Gasteiger partial charge in [-0.3, -0.25) is 0 Å². The van der Waals surface area contributed by atoms with Crippen LogP contribution in [0.3, 0.4) is 0 Å². The average Bonchev–Trinajstić information content (AvgIpc) is 3.05. The minimum absolute atomic E-state index is 0.211. The molecule has 4 aromatic carbocycles. The van der Waals surface area contributed by atoms with Crippen LogP contribution in [-0.2, 0) is 6.42 Å². The van der Waals surface area contributed by atoms with Crippen LogP contribution in [0, 0.1) is 11.3 Å². The number of fused-ring (bicyclic) bond motifs is 3. The van der Waals surface area contributed by atoms with Gasteiger partial charge in [-0.05, 0) is 108 Å². The second-order valence-corrected chi connectivity index (χ2v) is 13.1. The van der Waals surface area contributed by atoms with Gasteiger partial charge in [-0.2, -0.15) is 0 Å². The van der Waals surface area contributed by atoms with E-state index in [4.69, 9.17) is 0 Å². The van der Waals surface area contributed by atoms with Gasteiger partial charge in [0.05, 0.1) is 0 Å². The summed E-state index contributed by atoms with van der Waals surface area (Å²) < 4.78 is 0. The SMILES string of the molecule is C(=C1/CCCC2=C1CC(c1ccccc1)C13CCC/C(=C\c4ccccc4)C1Cc1ccccc1C23)/c1ccccc1. The van der Waals surface area contributed by atoms with Crippen molar-refractivity contribution < 1.29 is 0 Å². The number of allylic oxidation sites excluding steroid dienone is 4. The fourth-order valence-corrected chi connectivity index (χ4v) is 9.51. The molecule has 4 aliphatic rings. The van der Waals surface area contributed by atoms with Crippen molar-refractivity contribution in [1.29, 1.82) is 0 Å². The first-order valence-electron chi connectivity index (χ1n) is 16.2. The first kappa shape index (κ1) is 25.8. The molecular weight excluding hydrogens is 504 g/mol. The van der Waals surface area contributed by atoms with E-state index >= 15 is 0 Å². The number of hydrogen-bond donors (Lipinski definition) is 0. The molecule has 0 amide bonds. The van der Waals surface area contributed by atoms with Crippen LogP contribution in [0.5, 0.6) is 0 Å². The van der Waals surface area contributed by atoms with Crippen LogP contribution in [0.4, 0.5) is 0 Å². The van der Waals surface area contributed by atoms with Gasteiger partial charge < -0.3 is 0 Å². The van der Waals surface area contributed by atoms with Crippen molar-refractivity contribution in [2.24, 2.45) is 11.3 Å². The molecule has 1 fully saturated rings. The maximum Gasteiger partial charge on any atom is 0.0125 e. The van der Waals surface area contributed by atoms with E-state index < -0.39 is 0 Å². The van der Waals surface area contributed by atoms with Crippen molar-refractivity contribution in [2.45, 2.75) is 63.2 Å². The molecule has 0 aliphatic heterocycles. The van der Waals surface area contributed by atoms with Crippen LogP contribution in [-0.4, -0.2) is 0 Å². The van der Waals surface area contributed by atoms with Gasteiger partial charge >= 0.3 is 0 Å². The summed E-state index contributed by atoms with van der Waals surface area (Å²) in [5.41, 5.74) is 14.4. The Morgan fingerprint density at radius 1 is 0.571 bits per heavy atom. The summed E-state index contributed by atoms with van der Waals surface area (Å²) in [6, 6.07) is 43.3. The molecule has 0 nitrogen and oxygen atoms in total. The summed E-state index contributed by atoms with van der Waals surface area (Å²) in [6.07, 6.45) is 15.0. The third-order valence-corrected chi connectivity index (χ3v) is 11.1. The fourth-order valence-electron chi connectivity index (χ4n) is 9.51. The lowest BCUT2D eigenvalue weighted by atomic mass is 9.42. The van der Waals surface area contributed by atoms with Gasteiger partial charge in [0.1, 0.15) is 0 Å². The van der Waals surface area contributed by atoms with Crippen molar-refractivity contribution in [3.05, 3.63) is 165 Å². The first-order valence-corrected chi connectivity index (χ1v) is 16.2. The minimum atomic E-state index is 0.211. The Kier molecular flexibility index (Phi) is 6.59. The van der Waals surface area contributed by atoms with Crippen molar-refractivity contribution >= 4 is 12.2 Å². The van der Waals surface area contributed by atoms with Gasteiger partial charge in [-0.15, -0.1) is 0 Å². The lowest BCUT2D eigenvalue weighted by molar-refractivity contribution is 0.0515. The third kappa shape index (κ3) is 4.27. The maximum absolute atomic E-state index is 2.57. The van der Waals surface area contributed by atoms with E-state index in [-0.39, 0.29) is 5.41 Å². The molecule has 4 unspecified atom stereocenters. The van der Waals surface area contributed by atoms with E-state index in [1.165, 1.54) is 62.5 Å². The molecule has 0 heterocycles. The highest BCUT2D eigenvalue weighted by atomic mass is 14.6. The molecule has 0 aromatic heterocycles. The van der Waals surface area contributed by atoms with Crippen LogP contribution < -0.4 is 0 Å². The first-order chi connectivity index (χ1) is 20.8. The van der Waals surface area contributed by atoms with Gasteiger partial charge in [0.15, 0.2) is 0 Å². The highest BCUT2D eigenvalue weighted by molar-refractivity contribution is 5.64. The average molecular weight is 545 g/mol. The Labute approximate surface area is 251 Å². The van der Waals surface area contributed by atoms with Gasteiger partial charge in [0.2, 0.25) is 0 Å². The zero-order valence-electron chi connectivity index (χ0n) is 24.5. The van der Waals surface area contributed by atoms with Gasteiger partial charge in [-0.25, -0.2) is 0 Å². The summed E-state index contributed by atoms with van der Waals surface area (Å²) in [5.74, 6) is 1.56. The molecule has 1 saturated carbocycles. The second-order valence-electron chi connectivity index (χ2n) is 13.1. The topological polar surface area (TPSA) is 0 Å². The van der Waals surface area contributed by atoms with Crippen LogP contribution in [0.2, 0.25) is 0 Å². The van der Waals surface area contributed by atoms with Gasteiger partial charge in [0, 0.05) is 5.92 Å². The zero-order valence-corrected chi connectivity index (χ0v) is 24.5. The lowest BCUT2D eigenvalue weighted by Crippen LogP contribution is -2.51. The Bertz CT molecular complexity index is 1670. The molecule has 42 heavy (non-hydrogen) atoms. The Morgan fingerprint density at radius 2 is 1.24 bits per heavy atom. The van der Waals surface area contributed by atoms with E-state index in [0.29, 0.717) is 17.8 Å². The van der Waals surface area contributed by atoms with Gasteiger partial charge in [-0.1, -0.05) is 139 Å². The number of benzene rings is 4. The number of hydrogen-bond acceptors (Lipinski definition) is 0. The molecule has 0 radical (unpaired) electrons. The van der Waals surface area contributed by atoms with Crippen molar-refractivity contribution in [2.75, 3.05) is 0 Å². The molecule has 0 heteroatoms. The van der Waals surface area contributed by atoms with Crippen LogP contribution >= 0.6 is 0 Å². The summed E-state index contributed by atoms with van der Waals surface area (Å²) in [4.78, 5) is 0. The van der Waals surface area contributed by atoms with Crippen molar-refractivity contribution in [1.82, 2.24) is 0 Å². The Hall–Kier alpha value is -3.90. The van der Waals surface area contributed by atoms with E-state index in [9.17, 15) is 0 Å². The lowest BCUT2D eigenvalue weighted by Gasteiger charge is -2.61. The van der Waals surface area contributed by atoms with E-state index in [2.05, 4.69) is 127 Å². The largest absolute Gasteiger partial charge is 0.0656 e. The quantitative estimate of drug-likeness (QED) is 0.241. The predicted molar refractivity (Wildman–Crippen MR) is 176 cm³/mol. The number of rotatable bonds is 3. The smallest absolute Gasteiger partial charge is 0.0125 e. The van der Waals surface area contributed by atoms with E-state index in [1.54, 1.807) is 39.0 Å². The van der Waals surface area contributed by atoms with Crippen molar-refractivity contribution in [3.63, 3.8) is 0 Å². The molecule has 4 atom stereocenters. The molecule has 0 saturated heterocycles. The van der Waals surface area contributed by atoms with Crippen LogP contribution in [0.1, 0.15) is 84.6 Å². The Morgan fingerprint density at radius 3 is 2.00 bits per heavy atom. The molecular formula is C42H40. The summed E-state index contributed by atoms with van der Waals surface area (Å²) in [6.45, 7) is 0. The minimum Gasteiger partial charge on any atom is -0.0656 e. The normalized spacial score (nSPS) is 28.5.